The fourth-order valence-electron chi connectivity index (χ4n) is 5.47. The van der Waals surface area contributed by atoms with Gasteiger partial charge < -0.3 is 29.0 Å². The molecule has 0 unspecified atom stereocenters. The lowest BCUT2D eigenvalue weighted by Crippen LogP contribution is -2.31. The Morgan fingerprint density at radius 2 is 0.966 bits per heavy atom. The van der Waals surface area contributed by atoms with Gasteiger partial charge in [-0.05, 0) is 124 Å². The molecule has 4 rings (SSSR count). The molecule has 4 aromatic carbocycles. The summed E-state index contributed by atoms with van der Waals surface area (Å²) in [7, 11) is 0. The molecule has 0 atom stereocenters. The zero-order valence-corrected chi connectivity index (χ0v) is 34.9. The molecule has 0 saturated carbocycles. The van der Waals surface area contributed by atoms with Crippen LogP contribution in [0.5, 0.6) is 23.0 Å². The highest BCUT2D eigenvalue weighted by molar-refractivity contribution is 5.91. The maximum Gasteiger partial charge on any atom is 0.343 e. The summed E-state index contributed by atoms with van der Waals surface area (Å²) in [5.41, 5.74) is 1.93. The Labute approximate surface area is 344 Å². The van der Waals surface area contributed by atoms with Crippen LogP contribution in [0.15, 0.2) is 97.1 Å². The first kappa shape index (κ1) is 46.9. The molecule has 0 amide bonds. The molecular formula is C48H61NO9. The second-order valence-corrected chi connectivity index (χ2v) is 14.9. The topological polar surface area (TPSA) is 126 Å². The predicted octanol–water partition coefficient (Wildman–Crippen LogP) is 10.8. The number of carbonyl (C=O) groups excluding carboxylic acids is 4. The van der Waals surface area contributed by atoms with Crippen LogP contribution in [-0.4, -0.2) is 49.6 Å². The molecule has 4 aromatic rings. The summed E-state index contributed by atoms with van der Waals surface area (Å²) < 4.78 is 27.4. The molecule has 0 bridgehead atoms. The van der Waals surface area contributed by atoms with Crippen LogP contribution in [0.1, 0.15) is 135 Å². The summed E-state index contributed by atoms with van der Waals surface area (Å²) in [6, 6.07) is 27.5. The van der Waals surface area contributed by atoms with Crippen LogP contribution < -0.4 is 24.3 Å². The van der Waals surface area contributed by atoms with E-state index in [2.05, 4.69) is 19.2 Å². The van der Waals surface area contributed by atoms with Crippen molar-refractivity contribution in [1.82, 2.24) is 5.32 Å². The van der Waals surface area contributed by atoms with Crippen LogP contribution in [0, 0.1) is 0 Å². The van der Waals surface area contributed by atoms with Gasteiger partial charge in [0.1, 0.15) is 34.9 Å². The monoisotopic (exact) mass is 795 g/mol. The van der Waals surface area contributed by atoms with Gasteiger partial charge in [-0.3, -0.25) is 9.59 Å². The van der Waals surface area contributed by atoms with E-state index in [-0.39, 0.29) is 12.5 Å². The second kappa shape index (κ2) is 26.4. The van der Waals surface area contributed by atoms with Crippen LogP contribution in [0.4, 0.5) is 0 Å². The molecule has 10 heteroatoms. The number of unbranched alkanes of at least 4 members (excludes halogenated alkanes) is 8. The molecule has 0 aliphatic heterocycles. The van der Waals surface area contributed by atoms with E-state index in [1.54, 1.807) is 84.9 Å². The summed E-state index contributed by atoms with van der Waals surface area (Å²) in [6.45, 7) is 11.9. The van der Waals surface area contributed by atoms with Gasteiger partial charge in [0.15, 0.2) is 0 Å². The molecule has 1 N–H and O–H groups in total. The summed E-state index contributed by atoms with van der Waals surface area (Å²) in [4.78, 5) is 46.9. The first-order valence-electron chi connectivity index (χ1n) is 20.5. The zero-order chi connectivity index (χ0) is 42.0. The predicted molar refractivity (Wildman–Crippen MR) is 227 cm³/mol. The minimum Gasteiger partial charge on any atom is -0.494 e. The van der Waals surface area contributed by atoms with Crippen molar-refractivity contribution in [2.24, 2.45) is 0 Å². The van der Waals surface area contributed by atoms with Crippen molar-refractivity contribution in [1.29, 1.82) is 0 Å². The van der Waals surface area contributed by atoms with Crippen molar-refractivity contribution in [3.63, 3.8) is 0 Å². The van der Waals surface area contributed by atoms with Crippen LogP contribution in [0.3, 0.4) is 0 Å². The molecular weight excluding hydrogens is 735 g/mol. The molecule has 0 aliphatic rings. The lowest BCUT2D eigenvalue weighted by Gasteiger charge is -2.19. The lowest BCUT2D eigenvalue weighted by atomic mass is 10.2. The van der Waals surface area contributed by atoms with Crippen molar-refractivity contribution < 1.29 is 42.9 Å². The van der Waals surface area contributed by atoms with Crippen LogP contribution >= 0.6 is 0 Å². The van der Waals surface area contributed by atoms with Gasteiger partial charge in [-0.1, -0.05) is 77.3 Å². The van der Waals surface area contributed by atoms with E-state index in [0.29, 0.717) is 47.9 Å². The van der Waals surface area contributed by atoms with Gasteiger partial charge in [-0.15, -0.1) is 0 Å². The SMILES string of the molecule is CCCCCCCOc1ccc(C(=O)Oc2ccc(C=O)cc2)cc1.CCCCCCCOc1ccc(C(=O)Oc2ccc(CNCC(=O)OC(C)(C)C)cc2)cc1. The van der Waals surface area contributed by atoms with Crippen molar-refractivity contribution in [2.45, 2.75) is 111 Å². The van der Waals surface area contributed by atoms with E-state index >= 15 is 0 Å². The fourth-order valence-corrected chi connectivity index (χ4v) is 5.47. The molecule has 0 fully saturated rings. The summed E-state index contributed by atoms with van der Waals surface area (Å²) in [6.07, 6.45) is 12.7. The van der Waals surface area contributed by atoms with Gasteiger partial charge in [0.05, 0.1) is 30.9 Å². The molecule has 0 aromatic heterocycles. The van der Waals surface area contributed by atoms with Crippen LogP contribution in [0.25, 0.3) is 0 Å². The van der Waals surface area contributed by atoms with Gasteiger partial charge in [0.2, 0.25) is 0 Å². The Bertz CT molecular complexity index is 1780. The third kappa shape index (κ3) is 19.6. The average Bonchev–Trinajstić information content (AvgIpc) is 3.21. The van der Waals surface area contributed by atoms with Crippen molar-refractivity contribution >= 4 is 24.2 Å². The van der Waals surface area contributed by atoms with Crippen LogP contribution in [-0.2, 0) is 16.1 Å². The zero-order valence-electron chi connectivity index (χ0n) is 34.9. The maximum absolute atomic E-state index is 12.4. The smallest absolute Gasteiger partial charge is 0.343 e. The van der Waals surface area contributed by atoms with E-state index in [0.717, 1.165) is 36.2 Å². The van der Waals surface area contributed by atoms with Gasteiger partial charge in [0, 0.05) is 12.1 Å². The first-order valence-corrected chi connectivity index (χ1v) is 20.5. The van der Waals surface area contributed by atoms with Gasteiger partial charge >= 0.3 is 17.9 Å². The van der Waals surface area contributed by atoms with E-state index in [1.807, 2.05) is 32.9 Å². The standard InChI is InChI=1S/C27H37NO5.C21H24O4/c1-5-6-7-8-9-18-31-23-16-12-22(13-17-23)26(30)32-24-14-10-21(11-15-24)19-28-20-25(29)33-27(2,3)4;1-2-3-4-5-6-15-24-19-13-9-18(10-14-19)21(23)25-20-11-7-17(16-22)8-12-20/h10-17,28H,5-9,18-20H2,1-4H3;7-14,16H,2-6,15H2,1H3. The van der Waals surface area contributed by atoms with Crippen LogP contribution in [0.2, 0.25) is 0 Å². The number of hydrogen-bond donors (Lipinski definition) is 1. The Kier molecular flexibility index (Phi) is 21.4. The number of benzene rings is 4. The van der Waals surface area contributed by atoms with Crippen molar-refractivity contribution in [2.75, 3.05) is 19.8 Å². The Morgan fingerprint density at radius 1 is 0.552 bits per heavy atom. The molecule has 58 heavy (non-hydrogen) atoms. The molecule has 0 heterocycles. The third-order valence-corrected chi connectivity index (χ3v) is 8.59. The normalized spacial score (nSPS) is 10.8. The van der Waals surface area contributed by atoms with E-state index < -0.39 is 17.5 Å². The highest BCUT2D eigenvalue weighted by Gasteiger charge is 2.16. The number of esters is 3. The van der Waals surface area contributed by atoms with Gasteiger partial charge in [-0.25, -0.2) is 9.59 Å². The molecule has 312 valence electrons. The molecule has 0 spiro atoms. The number of ether oxygens (including phenoxy) is 5. The Balaban J connectivity index is 0.000000322. The van der Waals surface area contributed by atoms with E-state index in [4.69, 9.17) is 23.7 Å². The molecule has 0 aliphatic carbocycles. The number of carbonyl (C=O) groups is 4. The van der Waals surface area contributed by atoms with Crippen molar-refractivity contribution in [3.8, 4) is 23.0 Å². The van der Waals surface area contributed by atoms with E-state index in [9.17, 15) is 19.2 Å². The third-order valence-electron chi connectivity index (χ3n) is 8.59. The lowest BCUT2D eigenvalue weighted by molar-refractivity contribution is -0.153. The number of nitrogens with one attached hydrogen (secondary N) is 1. The number of rotatable bonds is 23. The largest absolute Gasteiger partial charge is 0.494 e. The first-order chi connectivity index (χ1) is 28.0. The second-order valence-electron chi connectivity index (χ2n) is 14.9. The Morgan fingerprint density at radius 3 is 1.38 bits per heavy atom. The highest BCUT2D eigenvalue weighted by Crippen LogP contribution is 2.19. The summed E-state index contributed by atoms with van der Waals surface area (Å²) in [5, 5.41) is 3.05. The van der Waals surface area contributed by atoms with E-state index in [1.165, 1.54) is 51.4 Å². The Hall–Kier alpha value is -5.48. The summed E-state index contributed by atoms with van der Waals surface area (Å²) in [5.74, 6) is 1.22. The minimum absolute atomic E-state index is 0.132. The number of aldehydes is 1. The highest BCUT2D eigenvalue weighted by atomic mass is 16.6. The molecule has 0 saturated heterocycles. The van der Waals surface area contributed by atoms with Gasteiger partial charge in [0.25, 0.3) is 0 Å². The summed E-state index contributed by atoms with van der Waals surface area (Å²) >= 11 is 0. The van der Waals surface area contributed by atoms with Gasteiger partial charge in [-0.2, -0.15) is 0 Å². The molecule has 10 nitrogen and oxygen atoms in total. The molecule has 0 radical (unpaired) electrons. The maximum atomic E-state index is 12.4. The quantitative estimate of drug-likeness (QED) is 0.0335. The fraction of sp³-hybridized carbons (Fsp3) is 0.417. The average molecular weight is 796 g/mol. The number of hydrogen-bond acceptors (Lipinski definition) is 10. The minimum atomic E-state index is -0.495. The van der Waals surface area contributed by atoms with Crippen molar-refractivity contribution in [3.05, 3.63) is 119 Å².